The van der Waals surface area contributed by atoms with E-state index in [-0.39, 0.29) is 0 Å². The Morgan fingerprint density at radius 1 is 1.50 bits per heavy atom. The van der Waals surface area contributed by atoms with Gasteiger partial charge in [-0.05, 0) is 18.2 Å². The van der Waals surface area contributed by atoms with Crippen LogP contribution >= 0.6 is 11.3 Å². The maximum absolute atomic E-state index is 11.3. The van der Waals surface area contributed by atoms with Crippen molar-refractivity contribution in [1.29, 1.82) is 5.26 Å². The summed E-state index contributed by atoms with van der Waals surface area (Å²) >= 11 is 1.43. The standard InChI is InChI=1S/C9H7N3O2S2/c10-3-4-16(13,14)12-7-1-2-8-9(5-7)15-6-11-8/h1-2,5-6,12H,4H2. The van der Waals surface area contributed by atoms with E-state index in [2.05, 4.69) is 9.71 Å². The molecule has 0 aliphatic heterocycles. The van der Waals surface area contributed by atoms with Crippen LogP contribution in [0, 0.1) is 11.3 Å². The summed E-state index contributed by atoms with van der Waals surface area (Å²) in [6, 6.07) is 6.65. The van der Waals surface area contributed by atoms with Gasteiger partial charge in [-0.25, -0.2) is 13.4 Å². The Hall–Kier alpha value is -1.65. The highest BCUT2D eigenvalue weighted by atomic mass is 32.2. The number of hydrogen-bond acceptors (Lipinski definition) is 5. The van der Waals surface area contributed by atoms with E-state index in [9.17, 15) is 8.42 Å². The highest BCUT2D eigenvalue weighted by Gasteiger charge is 2.09. The first kappa shape index (κ1) is 10.9. The normalized spacial score (nSPS) is 11.2. The fourth-order valence-corrected chi connectivity index (χ4v) is 2.66. The SMILES string of the molecule is N#CCS(=O)(=O)Nc1ccc2ncsc2c1. The van der Waals surface area contributed by atoms with Gasteiger partial charge in [0.1, 0.15) is 0 Å². The monoisotopic (exact) mass is 253 g/mol. The molecule has 2 aromatic rings. The largest absolute Gasteiger partial charge is 0.283 e. The molecule has 0 unspecified atom stereocenters. The first-order valence-corrected chi connectivity index (χ1v) is 6.84. The molecule has 0 bridgehead atoms. The van der Waals surface area contributed by atoms with Crippen LogP contribution in [0.3, 0.4) is 0 Å². The number of nitrogens with zero attached hydrogens (tertiary/aromatic N) is 2. The lowest BCUT2D eigenvalue weighted by molar-refractivity contribution is 0.604. The van der Waals surface area contributed by atoms with Gasteiger partial charge in [0.25, 0.3) is 0 Å². The third-order valence-corrected chi connectivity index (χ3v) is 3.71. The molecule has 0 aliphatic carbocycles. The minimum Gasteiger partial charge on any atom is -0.283 e. The quantitative estimate of drug-likeness (QED) is 0.899. The fourth-order valence-electron chi connectivity index (χ4n) is 1.22. The summed E-state index contributed by atoms with van der Waals surface area (Å²) in [7, 11) is -3.56. The van der Waals surface area contributed by atoms with Crippen LogP contribution in [-0.2, 0) is 10.0 Å². The van der Waals surface area contributed by atoms with Crippen LogP contribution < -0.4 is 4.72 Å². The van der Waals surface area contributed by atoms with E-state index in [0.29, 0.717) is 5.69 Å². The maximum atomic E-state index is 11.3. The van der Waals surface area contributed by atoms with E-state index in [0.717, 1.165) is 10.2 Å². The first-order chi connectivity index (χ1) is 7.61. The van der Waals surface area contributed by atoms with Gasteiger partial charge in [0.2, 0.25) is 10.0 Å². The van der Waals surface area contributed by atoms with E-state index in [4.69, 9.17) is 5.26 Å². The van der Waals surface area contributed by atoms with Crippen molar-refractivity contribution in [2.45, 2.75) is 0 Å². The molecular formula is C9H7N3O2S2. The van der Waals surface area contributed by atoms with Crippen LogP contribution in [0.2, 0.25) is 0 Å². The van der Waals surface area contributed by atoms with Gasteiger partial charge in [-0.2, -0.15) is 5.26 Å². The average molecular weight is 253 g/mol. The Balaban J connectivity index is 2.31. The minimum atomic E-state index is -3.56. The summed E-state index contributed by atoms with van der Waals surface area (Å²) in [4.78, 5) is 4.08. The molecule has 0 saturated carbocycles. The molecule has 1 heterocycles. The molecular weight excluding hydrogens is 246 g/mol. The van der Waals surface area contributed by atoms with Crippen LogP contribution in [0.5, 0.6) is 0 Å². The van der Waals surface area contributed by atoms with E-state index in [1.54, 1.807) is 29.8 Å². The van der Waals surface area contributed by atoms with Crippen LogP contribution in [0.4, 0.5) is 5.69 Å². The van der Waals surface area contributed by atoms with Gasteiger partial charge in [-0.15, -0.1) is 11.3 Å². The van der Waals surface area contributed by atoms with Crippen LogP contribution in [0.25, 0.3) is 10.2 Å². The molecule has 1 aromatic carbocycles. The van der Waals surface area contributed by atoms with Crippen molar-refractivity contribution in [1.82, 2.24) is 4.98 Å². The summed E-state index contributed by atoms with van der Waals surface area (Å²) < 4.78 is 25.9. The van der Waals surface area contributed by atoms with Crippen molar-refractivity contribution < 1.29 is 8.42 Å². The molecule has 82 valence electrons. The minimum absolute atomic E-state index is 0.451. The predicted octanol–water partition coefficient (Wildman–Crippen LogP) is 1.56. The van der Waals surface area contributed by atoms with Crippen LogP contribution in [0.15, 0.2) is 23.7 Å². The topological polar surface area (TPSA) is 82.8 Å². The highest BCUT2D eigenvalue weighted by Crippen LogP contribution is 2.22. The molecule has 0 amide bonds. The average Bonchev–Trinajstić information content (AvgIpc) is 2.63. The molecule has 0 atom stereocenters. The first-order valence-electron chi connectivity index (χ1n) is 4.31. The molecule has 0 radical (unpaired) electrons. The molecule has 0 saturated heterocycles. The second kappa shape index (κ2) is 4.08. The lowest BCUT2D eigenvalue weighted by atomic mass is 10.3. The summed E-state index contributed by atoms with van der Waals surface area (Å²) in [6.07, 6.45) is 0. The Bertz CT molecular complexity index is 655. The number of fused-ring (bicyclic) bond motifs is 1. The number of sulfonamides is 1. The summed E-state index contributed by atoms with van der Waals surface area (Å²) in [5, 5.41) is 8.34. The molecule has 0 fully saturated rings. The molecule has 2 rings (SSSR count). The number of aromatic nitrogens is 1. The van der Waals surface area contributed by atoms with Crippen molar-refractivity contribution in [3.8, 4) is 6.07 Å². The lowest BCUT2D eigenvalue weighted by Crippen LogP contribution is -2.15. The third kappa shape index (κ3) is 2.29. The lowest BCUT2D eigenvalue weighted by Gasteiger charge is -2.04. The zero-order chi connectivity index (χ0) is 11.6. The number of nitrogens with one attached hydrogen (secondary N) is 1. The molecule has 0 spiro atoms. The predicted molar refractivity (Wildman–Crippen MR) is 62.6 cm³/mol. The summed E-state index contributed by atoms with van der Waals surface area (Å²) in [6.45, 7) is 0. The van der Waals surface area contributed by atoms with E-state index in [1.165, 1.54) is 11.3 Å². The number of rotatable bonds is 3. The van der Waals surface area contributed by atoms with Crippen molar-refractivity contribution in [3.05, 3.63) is 23.7 Å². The Labute approximate surface area is 96.4 Å². The number of anilines is 1. The van der Waals surface area contributed by atoms with E-state index in [1.807, 2.05) is 0 Å². The van der Waals surface area contributed by atoms with Gasteiger partial charge in [0, 0.05) is 0 Å². The molecule has 16 heavy (non-hydrogen) atoms. The van der Waals surface area contributed by atoms with Gasteiger partial charge in [-0.3, -0.25) is 4.72 Å². The second-order valence-corrected chi connectivity index (χ2v) is 5.66. The van der Waals surface area contributed by atoms with E-state index < -0.39 is 15.8 Å². The van der Waals surface area contributed by atoms with Gasteiger partial charge in [0.05, 0.1) is 27.5 Å². The number of hydrogen-bond donors (Lipinski definition) is 1. The molecule has 0 aliphatic rings. The van der Waals surface area contributed by atoms with Gasteiger partial charge in [-0.1, -0.05) is 0 Å². The maximum Gasteiger partial charge on any atom is 0.246 e. The van der Waals surface area contributed by atoms with Crippen LogP contribution in [-0.4, -0.2) is 19.2 Å². The third-order valence-electron chi connectivity index (χ3n) is 1.86. The Morgan fingerprint density at radius 2 is 2.31 bits per heavy atom. The Kier molecular flexibility index (Phi) is 2.77. The van der Waals surface area contributed by atoms with Gasteiger partial charge < -0.3 is 0 Å². The molecule has 1 N–H and O–H groups in total. The van der Waals surface area contributed by atoms with Crippen LogP contribution in [0.1, 0.15) is 0 Å². The van der Waals surface area contributed by atoms with E-state index >= 15 is 0 Å². The molecule has 5 nitrogen and oxygen atoms in total. The number of benzene rings is 1. The zero-order valence-electron chi connectivity index (χ0n) is 8.04. The van der Waals surface area contributed by atoms with Crippen molar-refractivity contribution in [2.75, 3.05) is 10.5 Å². The van der Waals surface area contributed by atoms with Gasteiger partial charge >= 0.3 is 0 Å². The zero-order valence-corrected chi connectivity index (χ0v) is 9.68. The van der Waals surface area contributed by atoms with Crippen molar-refractivity contribution in [2.24, 2.45) is 0 Å². The second-order valence-electron chi connectivity index (χ2n) is 3.05. The number of thiazole rings is 1. The van der Waals surface area contributed by atoms with Crippen molar-refractivity contribution >= 4 is 37.3 Å². The number of nitriles is 1. The van der Waals surface area contributed by atoms with Gasteiger partial charge in [0.15, 0.2) is 5.75 Å². The smallest absolute Gasteiger partial charge is 0.246 e. The van der Waals surface area contributed by atoms with Crippen molar-refractivity contribution in [3.63, 3.8) is 0 Å². The Morgan fingerprint density at radius 3 is 3.06 bits per heavy atom. The summed E-state index contributed by atoms with van der Waals surface area (Å²) in [5.41, 5.74) is 2.97. The summed E-state index contributed by atoms with van der Waals surface area (Å²) in [5.74, 6) is -0.548. The molecule has 7 heteroatoms. The fraction of sp³-hybridized carbons (Fsp3) is 0.111. The highest BCUT2D eigenvalue weighted by molar-refractivity contribution is 7.92. The molecule has 1 aromatic heterocycles.